The van der Waals surface area contributed by atoms with E-state index in [0.29, 0.717) is 30.3 Å². The zero-order valence-corrected chi connectivity index (χ0v) is 14.0. The molecule has 1 saturated heterocycles. The first kappa shape index (κ1) is 16.3. The fourth-order valence-electron chi connectivity index (χ4n) is 3.15. The number of benzene rings is 2. The Hall–Kier alpha value is -3.22. The number of rotatable bonds is 4. The second-order valence-electron chi connectivity index (χ2n) is 6.40. The topological polar surface area (TPSA) is 88.1 Å². The molecule has 134 valence electrons. The molecule has 4 rings (SSSR count). The molecular weight excluding hydrogens is 336 g/mol. The van der Waals surface area contributed by atoms with E-state index in [1.165, 1.54) is 12.1 Å². The lowest BCUT2D eigenvalue weighted by Crippen LogP contribution is -2.28. The molecule has 0 aliphatic carbocycles. The average Bonchev–Trinajstić information content (AvgIpc) is 3.23. The summed E-state index contributed by atoms with van der Waals surface area (Å²) in [7, 11) is 0. The molecule has 0 radical (unpaired) electrons. The van der Waals surface area contributed by atoms with Gasteiger partial charge in [-0.15, -0.1) is 0 Å². The van der Waals surface area contributed by atoms with Gasteiger partial charge in [0.25, 0.3) is 0 Å². The highest BCUT2D eigenvalue weighted by molar-refractivity contribution is 5.97. The van der Waals surface area contributed by atoms with E-state index in [9.17, 15) is 14.7 Å². The Morgan fingerprint density at radius 2 is 1.92 bits per heavy atom. The molecule has 2 amide bonds. The van der Waals surface area contributed by atoms with Crippen LogP contribution in [0.3, 0.4) is 0 Å². The van der Waals surface area contributed by atoms with Crippen LogP contribution in [0.5, 0.6) is 17.2 Å². The second kappa shape index (κ2) is 6.59. The van der Waals surface area contributed by atoms with Crippen LogP contribution < -0.4 is 14.8 Å². The van der Waals surface area contributed by atoms with E-state index in [1.807, 2.05) is 18.2 Å². The van der Waals surface area contributed by atoms with Crippen molar-refractivity contribution in [3.63, 3.8) is 0 Å². The summed E-state index contributed by atoms with van der Waals surface area (Å²) in [4.78, 5) is 26.4. The summed E-state index contributed by atoms with van der Waals surface area (Å²) in [6.45, 7) is 1.01. The standard InChI is InChI=1S/C19H18N2O5/c22-15-4-2-14(3-5-15)20-19(24)13-8-18(23)21(10-13)9-12-1-6-16-17(7-12)26-11-25-16/h1-7,13,22H,8-11H2,(H,20,24). The number of hydrogen-bond acceptors (Lipinski definition) is 5. The van der Waals surface area contributed by atoms with E-state index in [2.05, 4.69) is 5.32 Å². The maximum atomic E-state index is 12.4. The maximum Gasteiger partial charge on any atom is 0.231 e. The van der Waals surface area contributed by atoms with Crippen LogP contribution >= 0.6 is 0 Å². The third-order valence-corrected chi connectivity index (χ3v) is 4.53. The molecule has 2 aromatic rings. The Kier molecular flexibility index (Phi) is 4.12. The lowest BCUT2D eigenvalue weighted by molar-refractivity contribution is -0.128. The third-order valence-electron chi connectivity index (χ3n) is 4.53. The van der Waals surface area contributed by atoms with Gasteiger partial charge in [0.2, 0.25) is 18.6 Å². The second-order valence-corrected chi connectivity index (χ2v) is 6.40. The number of nitrogens with zero attached hydrogens (tertiary/aromatic N) is 1. The van der Waals surface area contributed by atoms with Crippen LogP contribution in [0.4, 0.5) is 5.69 Å². The van der Waals surface area contributed by atoms with Crippen LogP contribution in [0.25, 0.3) is 0 Å². The van der Waals surface area contributed by atoms with Gasteiger partial charge in [0.1, 0.15) is 5.75 Å². The first-order valence-corrected chi connectivity index (χ1v) is 8.35. The van der Waals surface area contributed by atoms with Crippen molar-refractivity contribution in [1.29, 1.82) is 0 Å². The van der Waals surface area contributed by atoms with Crippen LogP contribution in [0.2, 0.25) is 0 Å². The number of carbonyl (C=O) groups excluding carboxylic acids is 2. The van der Waals surface area contributed by atoms with Gasteiger partial charge < -0.3 is 24.8 Å². The van der Waals surface area contributed by atoms with Gasteiger partial charge in [0.15, 0.2) is 11.5 Å². The van der Waals surface area contributed by atoms with Gasteiger partial charge in [-0.3, -0.25) is 9.59 Å². The first-order chi connectivity index (χ1) is 12.6. The Morgan fingerprint density at radius 1 is 1.15 bits per heavy atom. The van der Waals surface area contributed by atoms with E-state index in [0.717, 1.165) is 5.56 Å². The van der Waals surface area contributed by atoms with Gasteiger partial charge in [-0.05, 0) is 42.0 Å². The van der Waals surface area contributed by atoms with Crippen LogP contribution in [-0.2, 0) is 16.1 Å². The Morgan fingerprint density at radius 3 is 2.73 bits per heavy atom. The molecule has 2 aromatic carbocycles. The van der Waals surface area contributed by atoms with Gasteiger partial charge in [0, 0.05) is 25.2 Å². The molecule has 1 fully saturated rings. The number of phenolic OH excluding ortho intramolecular Hbond substituents is 1. The number of amides is 2. The highest BCUT2D eigenvalue weighted by Gasteiger charge is 2.34. The van der Waals surface area contributed by atoms with E-state index in [4.69, 9.17) is 9.47 Å². The normalized spacial score (nSPS) is 18.2. The van der Waals surface area contributed by atoms with Crippen molar-refractivity contribution in [3.8, 4) is 17.2 Å². The van der Waals surface area contributed by atoms with Crippen molar-refractivity contribution >= 4 is 17.5 Å². The molecule has 2 aliphatic heterocycles. The molecule has 1 atom stereocenters. The van der Waals surface area contributed by atoms with Crippen LogP contribution in [0, 0.1) is 5.92 Å². The summed E-state index contributed by atoms with van der Waals surface area (Å²) in [5, 5.41) is 12.1. The average molecular weight is 354 g/mol. The van der Waals surface area contributed by atoms with Gasteiger partial charge >= 0.3 is 0 Å². The predicted molar refractivity (Wildman–Crippen MR) is 92.8 cm³/mol. The lowest BCUT2D eigenvalue weighted by Gasteiger charge is -2.17. The van der Waals surface area contributed by atoms with Gasteiger partial charge in [-0.2, -0.15) is 0 Å². The van der Waals surface area contributed by atoms with Gasteiger partial charge in [-0.25, -0.2) is 0 Å². The molecule has 7 nitrogen and oxygen atoms in total. The molecule has 0 aromatic heterocycles. The summed E-state index contributed by atoms with van der Waals surface area (Å²) in [6, 6.07) is 11.8. The number of likely N-dealkylation sites (tertiary alicyclic amines) is 1. The molecule has 2 heterocycles. The molecule has 0 saturated carbocycles. The Labute approximate surface area is 150 Å². The monoisotopic (exact) mass is 354 g/mol. The maximum absolute atomic E-state index is 12.4. The zero-order chi connectivity index (χ0) is 18.1. The van der Waals surface area contributed by atoms with Crippen molar-refractivity contribution in [2.24, 2.45) is 5.92 Å². The lowest BCUT2D eigenvalue weighted by atomic mass is 10.1. The van der Waals surface area contributed by atoms with E-state index in [1.54, 1.807) is 17.0 Å². The molecule has 2 N–H and O–H groups in total. The summed E-state index contributed by atoms with van der Waals surface area (Å²) in [5.41, 5.74) is 1.52. The number of phenols is 1. The largest absolute Gasteiger partial charge is 0.508 e. The number of fused-ring (bicyclic) bond motifs is 1. The smallest absolute Gasteiger partial charge is 0.231 e. The SMILES string of the molecule is O=C(Nc1ccc(O)cc1)C1CC(=O)N(Cc2ccc3c(c2)OCO3)C1. The van der Waals surface area contributed by atoms with Gasteiger partial charge in [-0.1, -0.05) is 6.07 Å². The molecule has 26 heavy (non-hydrogen) atoms. The molecular formula is C19H18N2O5. The van der Waals surface area contributed by atoms with Crippen LogP contribution in [-0.4, -0.2) is 35.2 Å². The Balaban J connectivity index is 1.38. The molecule has 0 bridgehead atoms. The molecule has 7 heteroatoms. The van der Waals surface area contributed by atoms with Crippen molar-refractivity contribution in [2.45, 2.75) is 13.0 Å². The predicted octanol–water partition coefficient (Wildman–Crippen LogP) is 2.11. The van der Waals surface area contributed by atoms with Crippen LogP contribution in [0.1, 0.15) is 12.0 Å². The van der Waals surface area contributed by atoms with Crippen molar-refractivity contribution in [2.75, 3.05) is 18.7 Å². The van der Waals surface area contributed by atoms with E-state index in [-0.39, 0.29) is 30.8 Å². The summed E-state index contributed by atoms with van der Waals surface area (Å²) in [6.07, 6.45) is 0.189. The minimum atomic E-state index is -0.398. The summed E-state index contributed by atoms with van der Waals surface area (Å²) in [5.74, 6) is 0.869. The number of anilines is 1. The van der Waals surface area contributed by atoms with Crippen molar-refractivity contribution in [3.05, 3.63) is 48.0 Å². The minimum absolute atomic E-state index is 0.0477. The number of ether oxygens (including phenoxy) is 2. The first-order valence-electron chi connectivity index (χ1n) is 8.35. The number of carbonyl (C=O) groups is 2. The fraction of sp³-hybridized carbons (Fsp3) is 0.263. The fourth-order valence-corrected chi connectivity index (χ4v) is 3.15. The number of hydrogen-bond donors (Lipinski definition) is 2. The summed E-state index contributed by atoms with van der Waals surface area (Å²) >= 11 is 0. The quantitative estimate of drug-likeness (QED) is 0.821. The minimum Gasteiger partial charge on any atom is -0.508 e. The van der Waals surface area contributed by atoms with E-state index >= 15 is 0 Å². The Bertz CT molecular complexity index is 850. The number of nitrogens with one attached hydrogen (secondary N) is 1. The third kappa shape index (κ3) is 3.28. The van der Waals surface area contributed by atoms with Crippen LogP contribution in [0.15, 0.2) is 42.5 Å². The zero-order valence-electron chi connectivity index (χ0n) is 14.0. The molecule has 1 unspecified atom stereocenters. The summed E-state index contributed by atoms with van der Waals surface area (Å²) < 4.78 is 10.6. The van der Waals surface area contributed by atoms with Gasteiger partial charge in [0.05, 0.1) is 5.92 Å². The van der Waals surface area contributed by atoms with E-state index < -0.39 is 5.92 Å². The highest BCUT2D eigenvalue weighted by Crippen LogP contribution is 2.33. The molecule has 2 aliphatic rings. The van der Waals surface area contributed by atoms with Crippen molar-refractivity contribution < 1.29 is 24.2 Å². The van der Waals surface area contributed by atoms with Crippen molar-refractivity contribution in [1.82, 2.24) is 4.90 Å². The molecule has 0 spiro atoms. The highest BCUT2D eigenvalue weighted by atomic mass is 16.7. The number of aromatic hydroxyl groups is 1.